The summed E-state index contributed by atoms with van der Waals surface area (Å²) in [4.78, 5) is 28.0. The van der Waals surface area contributed by atoms with Crippen molar-refractivity contribution >= 4 is 17.6 Å². The summed E-state index contributed by atoms with van der Waals surface area (Å²) in [6.45, 7) is 0.874. The van der Waals surface area contributed by atoms with E-state index in [1.807, 2.05) is 6.07 Å². The Morgan fingerprint density at radius 2 is 2.06 bits per heavy atom. The van der Waals surface area contributed by atoms with E-state index in [-0.39, 0.29) is 24.9 Å². The molecule has 0 atom stereocenters. The second kappa shape index (κ2) is 4.28. The summed E-state index contributed by atoms with van der Waals surface area (Å²) in [7, 11) is 0. The predicted molar refractivity (Wildman–Crippen MR) is 57.1 cm³/mol. The molecule has 2 rings (SSSR count). The molecule has 6 nitrogen and oxygen atoms in total. The van der Waals surface area contributed by atoms with E-state index < -0.39 is 0 Å². The van der Waals surface area contributed by atoms with Crippen LogP contribution in [0.25, 0.3) is 0 Å². The van der Waals surface area contributed by atoms with Crippen LogP contribution in [-0.2, 0) is 16.1 Å². The predicted octanol–water partition coefficient (Wildman–Crippen LogP) is -0.878. The minimum atomic E-state index is -0.279. The number of aromatic nitrogens is 1. The highest BCUT2D eigenvalue weighted by Gasteiger charge is 2.22. The summed E-state index contributed by atoms with van der Waals surface area (Å²) in [6.07, 6.45) is 1.60. The molecule has 1 aromatic rings. The molecule has 0 spiro atoms. The SMILES string of the molecule is Nc1ncccc1CN1CC(=O)NC(=O)C1. The van der Waals surface area contributed by atoms with Gasteiger partial charge in [0.2, 0.25) is 11.8 Å². The number of piperazine rings is 1. The van der Waals surface area contributed by atoms with Gasteiger partial charge < -0.3 is 5.73 Å². The Morgan fingerprint density at radius 1 is 1.38 bits per heavy atom. The highest BCUT2D eigenvalue weighted by atomic mass is 16.2. The number of pyridine rings is 1. The maximum Gasteiger partial charge on any atom is 0.240 e. The van der Waals surface area contributed by atoms with Crippen LogP contribution in [0.3, 0.4) is 0 Å². The molecule has 0 aromatic carbocycles. The summed E-state index contributed by atoms with van der Waals surface area (Å²) in [5.41, 5.74) is 6.51. The van der Waals surface area contributed by atoms with Crippen molar-refractivity contribution in [3.63, 3.8) is 0 Å². The number of nitrogen functional groups attached to an aromatic ring is 1. The van der Waals surface area contributed by atoms with E-state index in [4.69, 9.17) is 5.73 Å². The zero-order chi connectivity index (χ0) is 11.5. The number of nitrogens with one attached hydrogen (secondary N) is 1. The normalized spacial score (nSPS) is 17.2. The van der Waals surface area contributed by atoms with Gasteiger partial charge in [0, 0.05) is 18.3 Å². The van der Waals surface area contributed by atoms with Crippen LogP contribution in [0.2, 0.25) is 0 Å². The van der Waals surface area contributed by atoms with E-state index in [1.165, 1.54) is 0 Å². The number of rotatable bonds is 2. The minimum Gasteiger partial charge on any atom is -0.383 e. The Kier molecular flexibility index (Phi) is 2.82. The third kappa shape index (κ3) is 2.34. The molecule has 6 heteroatoms. The number of carbonyl (C=O) groups is 2. The van der Waals surface area contributed by atoms with Crippen LogP contribution < -0.4 is 11.1 Å². The standard InChI is InChI=1S/C10H12N4O2/c11-10-7(2-1-3-12-10)4-14-5-8(15)13-9(16)6-14/h1-3H,4-6H2,(H2,11,12)(H,13,15,16). The van der Waals surface area contributed by atoms with Crippen LogP contribution in [0.5, 0.6) is 0 Å². The molecule has 3 N–H and O–H groups in total. The maximum absolute atomic E-state index is 11.1. The Bertz CT molecular complexity index is 417. The molecule has 0 saturated carbocycles. The lowest BCUT2D eigenvalue weighted by Crippen LogP contribution is -2.50. The zero-order valence-electron chi connectivity index (χ0n) is 8.64. The van der Waals surface area contributed by atoms with Gasteiger partial charge in [0.15, 0.2) is 0 Å². The van der Waals surface area contributed by atoms with Crippen molar-refractivity contribution in [1.29, 1.82) is 0 Å². The lowest BCUT2D eigenvalue weighted by Gasteiger charge is -2.25. The van der Waals surface area contributed by atoms with Gasteiger partial charge in [0.1, 0.15) is 5.82 Å². The van der Waals surface area contributed by atoms with E-state index in [9.17, 15) is 9.59 Å². The molecule has 1 fully saturated rings. The number of carbonyl (C=O) groups excluding carboxylic acids is 2. The van der Waals surface area contributed by atoms with Crippen LogP contribution >= 0.6 is 0 Å². The highest BCUT2D eigenvalue weighted by molar-refractivity contribution is 5.99. The fourth-order valence-electron chi connectivity index (χ4n) is 1.63. The van der Waals surface area contributed by atoms with Gasteiger partial charge in [-0.25, -0.2) is 4.98 Å². The van der Waals surface area contributed by atoms with Crippen molar-refractivity contribution in [1.82, 2.24) is 15.2 Å². The third-order valence-corrected chi connectivity index (χ3v) is 2.33. The number of amides is 2. The Morgan fingerprint density at radius 3 is 2.69 bits per heavy atom. The molecule has 0 unspecified atom stereocenters. The van der Waals surface area contributed by atoms with Gasteiger partial charge in [0.25, 0.3) is 0 Å². The van der Waals surface area contributed by atoms with Crippen LogP contribution in [0, 0.1) is 0 Å². The average Bonchev–Trinajstić information content (AvgIpc) is 2.20. The van der Waals surface area contributed by atoms with Crippen molar-refractivity contribution in [3.05, 3.63) is 23.9 Å². The molecule has 16 heavy (non-hydrogen) atoms. The summed E-state index contributed by atoms with van der Waals surface area (Å²) < 4.78 is 0. The molecule has 1 saturated heterocycles. The quantitative estimate of drug-likeness (QED) is 0.632. The first-order chi connectivity index (χ1) is 7.65. The fourth-order valence-corrected chi connectivity index (χ4v) is 1.63. The summed E-state index contributed by atoms with van der Waals surface area (Å²) in [5, 5.41) is 2.24. The summed E-state index contributed by atoms with van der Waals surface area (Å²) >= 11 is 0. The van der Waals surface area contributed by atoms with Crippen molar-refractivity contribution < 1.29 is 9.59 Å². The molecular formula is C10H12N4O2. The molecular weight excluding hydrogens is 208 g/mol. The Hall–Kier alpha value is -1.95. The Labute approximate surface area is 92.4 Å². The lowest BCUT2D eigenvalue weighted by molar-refractivity contribution is -0.136. The molecule has 84 valence electrons. The first-order valence-electron chi connectivity index (χ1n) is 4.89. The number of nitrogens with two attached hydrogens (primary N) is 1. The minimum absolute atomic E-state index is 0.208. The molecule has 1 aliphatic rings. The summed E-state index contributed by atoms with van der Waals surface area (Å²) in [5.74, 6) is -0.127. The fraction of sp³-hybridized carbons (Fsp3) is 0.300. The van der Waals surface area contributed by atoms with Crippen molar-refractivity contribution in [2.24, 2.45) is 0 Å². The molecule has 2 amide bonds. The number of imide groups is 1. The van der Waals surface area contributed by atoms with Crippen molar-refractivity contribution in [2.45, 2.75) is 6.54 Å². The number of hydrogen-bond donors (Lipinski definition) is 2. The summed E-state index contributed by atoms with van der Waals surface area (Å²) in [6, 6.07) is 3.61. The van der Waals surface area contributed by atoms with Gasteiger partial charge in [-0.2, -0.15) is 0 Å². The second-order valence-corrected chi connectivity index (χ2v) is 3.66. The lowest BCUT2D eigenvalue weighted by atomic mass is 10.2. The number of anilines is 1. The number of hydrogen-bond acceptors (Lipinski definition) is 5. The van der Waals surface area contributed by atoms with E-state index in [1.54, 1.807) is 17.2 Å². The van der Waals surface area contributed by atoms with Crippen LogP contribution in [0.4, 0.5) is 5.82 Å². The number of nitrogens with zero attached hydrogens (tertiary/aromatic N) is 2. The zero-order valence-corrected chi connectivity index (χ0v) is 8.64. The van der Waals surface area contributed by atoms with E-state index >= 15 is 0 Å². The molecule has 0 bridgehead atoms. The molecule has 2 heterocycles. The smallest absolute Gasteiger partial charge is 0.240 e. The van der Waals surface area contributed by atoms with Gasteiger partial charge in [-0.15, -0.1) is 0 Å². The van der Waals surface area contributed by atoms with Crippen LogP contribution in [-0.4, -0.2) is 34.8 Å². The molecule has 1 aromatic heterocycles. The van der Waals surface area contributed by atoms with E-state index in [0.717, 1.165) is 5.56 Å². The molecule has 0 aliphatic carbocycles. The highest BCUT2D eigenvalue weighted by Crippen LogP contribution is 2.11. The van der Waals surface area contributed by atoms with Crippen molar-refractivity contribution in [3.8, 4) is 0 Å². The second-order valence-electron chi connectivity index (χ2n) is 3.66. The largest absolute Gasteiger partial charge is 0.383 e. The molecule has 1 aliphatic heterocycles. The van der Waals surface area contributed by atoms with Gasteiger partial charge in [-0.1, -0.05) is 6.07 Å². The first-order valence-corrected chi connectivity index (χ1v) is 4.89. The average molecular weight is 220 g/mol. The van der Waals surface area contributed by atoms with Gasteiger partial charge in [-0.3, -0.25) is 19.8 Å². The van der Waals surface area contributed by atoms with Gasteiger partial charge >= 0.3 is 0 Å². The van der Waals surface area contributed by atoms with Gasteiger partial charge in [-0.05, 0) is 6.07 Å². The van der Waals surface area contributed by atoms with E-state index in [2.05, 4.69) is 10.3 Å². The van der Waals surface area contributed by atoms with Crippen molar-refractivity contribution in [2.75, 3.05) is 18.8 Å². The first kappa shape index (κ1) is 10.6. The third-order valence-electron chi connectivity index (χ3n) is 2.33. The maximum atomic E-state index is 11.1. The molecule has 0 radical (unpaired) electrons. The topological polar surface area (TPSA) is 88.3 Å². The van der Waals surface area contributed by atoms with Gasteiger partial charge in [0.05, 0.1) is 13.1 Å². The monoisotopic (exact) mass is 220 g/mol. The Balaban J connectivity index is 2.07. The van der Waals surface area contributed by atoms with E-state index in [0.29, 0.717) is 12.4 Å². The van der Waals surface area contributed by atoms with Crippen LogP contribution in [0.1, 0.15) is 5.56 Å². The van der Waals surface area contributed by atoms with Crippen LogP contribution in [0.15, 0.2) is 18.3 Å².